The first-order valence-corrected chi connectivity index (χ1v) is 6.23. The van der Waals surface area contributed by atoms with E-state index in [1.807, 2.05) is 0 Å². The molecule has 0 amide bonds. The SMILES string of the molecule is C[C@H]1C2CC(C2)N[C@@H]1COc1ccc(F)cn1. The summed E-state index contributed by atoms with van der Waals surface area (Å²) in [7, 11) is 0. The second-order valence-corrected chi connectivity index (χ2v) is 5.19. The minimum absolute atomic E-state index is 0.331. The Morgan fingerprint density at radius 2 is 2.29 bits per heavy atom. The van der Waals surface area contributed by atoms with Gasteiger partial charge in [0.05, 0.1) is 6.20 Å². The molecular weight excluding hydrogens is 219 g/mol. The van der Waals surface area contributed by atoms with Crippen LogP contribution in [0.2, 0.25) is 0 Å². The minimum Gasteiger partial charge on any atom is -0.476 e. The van der Waals surface area contributed by atoms with Gasteiger partial charge in [0.2, 0.25) is 5.88 Å². The number of nitrogens with zero attached hydrogens (tertiary/aromatic N) is 1. The van der Waals surface area contributed by atoms with Crippen molar-refractivity contribution in [2.45, 2.75) is 31.8 Å². The predicted molar refractivity (Wildman–Crippen MR) is 62.3 cm³/mol. The summed E-state index contributed by atoms with van der Waals surface area (Å²) < 4.78 is 18.3. The molecule has 2 bridgehead atoms. The van der Waals surface area contributed by atoms with Crippen molar-refractivity contribution < 1.29 is 9.13 Å². The highest BCUT2D eigenvalue weighted by Crippen LogP contribution is 2.40. The summed E-state index contributed by atoms with van der Waals surface area (Å²) in [6, 6.07) is 4.03. The van der Waals surface area contributed by atoms with Crippen LogP contribution in [0, 0.1) is 17.7 Å². The smallest absolute Gasteiger partial charge is 0.213 e. The maximum Gasteiger partial charge on any atom is 0.213 e. The standard InChI is InChI=1S/C13H17FN2O/c1-8-9-4-11(5-9)16-12(8)7-17-13-3-2-10(14)6-15-13/h2-3,6,8-9,11-12,16H,4-5,7H2,1H3/t8-,9?,11?,12+/m0/s1. The number of piperidine rings is 2. The fourth-order valence-corrected chi connectivity index (χ4v) is 2.83. The van der Waals surface area contributed by atoms with Crippen LogP contribution in [0.4, 0.5) is 4.39 Å². The summed E-state index contributed by atoms with van der Waals surface area (Å²) in [4.78, 5) is 3.89. The number of rotatable bonds is 3. The van der Waals surface area contributed by atoms with E-state index in [-0.39, 0.29) is 5.82 Å². The van der Waals surface area contributed by atoms with Crippen LogP contribution in [0.5, 0.6) is 5.88 Å². The molecule has 0 unspecified atom stereocenters. The van der Waals surface area contributed by atoms with Gasteiger partial charge in [0.25, 0.3) is 0 Å². The quantitative estimate of drug-likeness (QED) is 0.871. The fraction of sp³-hybridized carbons (Fsp3) is 0.615. The highest BCUT2D eigenvalue weighted by molar-refractivity contribution is 5.11. The van der Waals surface area contributed by atoms with Crippen molar-refractivity contribution in [2.24, 2.45) is 11.8 Å². The van der Waals surface area contributed by atoms with Gasteiger partial charge in [-0.05, 0) is 30.7 Å². The van der Waals surface area contributed by atoms with Crippen LogP contribution in [0.1, 0.15) is 19.8 Å². The van der Waals surface area contributed by atoms with Gasteiger partial charge in [0.15, 0.2) is 0 Å². The molecule has 0 radical (unpaired) electrons. The first kappa shape index (κ1) is 11.0. The maximum atomic E-state index is 12.7. The van der Waals surface area contributed by atoms with Gasteiger partial charge >= 0.3 is 0 Å². The van der Waals surface area contributed by atoms with Crippen molar-refractivity contribution in [2.75, 3.05) is 6.61 Å². The molecule has 92 valence electrons. The summed E-state index contributed by atoms with van der Waals surface area (Å²) in [5.41, 5.74) is 0. The van der Waals surface area contributed by atoms with E-state index in [0.29, 0.717) is 30.5 Å². The number of ether oxygens (including phenoxy) is 1. The summed E-state index contributed by atoms with van der Waals surface area (Å²) >= 11 is 0. The van der Waals surface area contributed by atoms with Gasteiger partial charge in [-0.15, -0.1) is 0 Å². The van der Waals surface area contributed by atoms with Crippen molar-refractivity contribution in [1.29, 1.82) is 0 Å². The molecule has 1 saturated carbocycles. The third-order valence-corrected chi connectivity index (χ3v) is 4.11. The highest BCUT2D eigenvalue weighted by Gasteiger charge is 2.43. The molecule has 4 rings (SSSR count). The Morgan fingerprint density at radius 3 is 2.94 bits per heavy atom. The number of fused-ring (bicyclic) bond motifs is 2. The van der Waals surface area contributed by atoms with E-state index in [9.17, 15) is 4.39 Å². The van der Waals surface area contributed by atoms with Gasteiger partial charge in [-0.3, -0.25) is 0 Å². The average molecular weight is 236 g/mol. The van der Waals surface area contributed by atoms with E-state index in [1.54, 1.807) is 6.07 Å². The monoisotopic (exact) mass is 236 g/mol. The molecular formula is C13H17FN2O. The van der Waals surface area contributed by atoms with Crippen LogP contribution in [0.15, 0.2) is 18.3 Å². The average Bonchev–Trinajstić information content (AvgIpc) is 2.28. The second kappa shape index (κ2) is 4.26. The highest BCUT2D eigenvalue weighted by atomic mass is 19.1. The zero-order valence-electron chi connectivity index (χ0n) is 9.90. The lowest BCUT2D eigenvalue weighted by atomic mass is 9.66. The Balaban J connectivity index is 1.55. The molecule has 17 heavy (non-hydrogen) atoms. The second-order valence-electron chi connectivity index (χ2n) is 5.19. The minimum atomic E-state index is -0.331. The molecule has 4 heteroatoms. The van der Waals surface area contributed by atoms with Crippen LogP contribution in [0.25, 0.3) is 0 Å². The predicted octanol–water partition coefficient (Wildman–Crippen LogP) is 1.99. The molecule has 0 spiro atoms. The lowest BCUT2D eigenvalue weighted by Gasteiger charge is -2.50. The fourth-order valence-electron chi connectivity index (χ4n) is 2.83. The van der Waals surface area contributed by atoms with E-state index < -0.39 is 0 Å². The van der Waals surface area contributed by atoms with Crippen LogP contribution in [-0.2, 0) is 0 Å². The van der Waals surface area contributed by atoms with Crippen LogP contribution in [-0.4, -0.2) is 23.7 Å². The van der Waals surface area contributed by atoms with E-state index in [2.05, 4.69) is 17.2 Å². The van der Waals surface area contributed by atoms with Crippen LogP contribution < -0.4 is 10.1 Å². The Kier molecular flexibility index (Phi) is 2.74. The van der Waals surface area contributed by atoms with E-state index in [4.69, 9.17) is 4.74 Å². The van der Waals surface area contributed by atoms with Gasteiger partial charge in [0.1, 0.15) is 12.4 Å². The molecule has 3 fully saturated rings. The molecule has 3 nitrogen and oxygen atoms in total. The molecule has 3 aliphatic rings. The number of aromatic nitrogens is 1. The first-order chi connectivity index (χ1) is 8.22. The van der Waals surface area contributed by atoms with Crippen LogP contribution in [0.3, 0.4) is 0 Å². The normalized spacial score (nSPS) is 35.2. The van der Waals surface area contributed by atoms with Gasteiger partial charge in [-0.2, -0.15) is 0 Å². The lowest BCUT2D eigenvalue weighted by Crippen LogP contribution is -2.60. The summed E-state index contributed by atoms with van der Waals surface area (Å²) in [6.45, 7) is 2.89. The first-order valence-electron chi connectivity index (χ1n) is 6.23. The summed E-state index contributed by atoms with van der Waals surface area (Å²) in [5, 5.41) is 3.59. The van der Waals surface area contributed by atoms with Gasteiger partial charge < -0.3 is 10.1 Å². The Bertz CT molecular complexity index is 389. The third-order valence-electron chi connectivity index (χ3n) is 4.11. The molecule has 3 heterocycles. The largest absolute Gasteiger partial charge is 0.476 e. The topological polar surface area (TPSA) is 34.1 Å². The van der Waals surface area contributed by atoms with Crippen molar-refractivity contribution in [3.63, 3.8) is 0 Å². The molecule has 2 saturated heterocycles. The van der Waals surface area contributed by atoms with E-state index >= 15 is 0 Å². The lowest BCUT2D eigenvalue weighted by molar-refractivity contribution is 0.0326. The van der Waals surface area contributed by atoms with E-state index in [1.165, 1.54) is 25.1 Å². The van der Waals surface area contributed by atoms with Gasteiger partial charge in [-0.25, -0.2) is 9.37 Å². The number of hydrogen-bond acceptors (Lipinski definition) is 3. The van der Waals surface area contributed by atoms with Crippen molar-refractivity contribution in [3.05, 3.63) is 24.1 Å². The van der Waals surface area contributed by atoms with Crippen molar-refractivity contribution in [1.82, 2.24) is 10.3 Å². The number of halogens is 1. The summed E-state index contributed by atoms with van der Waals surface area (Å²) in [5.74, 6) is 1.68. The van der Waals surface area contributed by atoms with Crippen LogP contribution >= 0.6 is 0 Å². The molecule has 1 aliphatic carbocycles. The molecule has 0 aromatic carbocycles. The van der Waals surface area contributed by atoms with Gasteiger partial charge in [0, 0.05) is 18.2 Å². The van der Waals surface area contributed by atoms with Crippen molar-refractivity contribution >= 4 is 0 Å². The molecule has 1 N–H and O–H groups in total. The Morgan fingerprint density at radius 1 is 1.47 bits per heavy atom. The zero-order valence-corrected chi connectivity index (χ0v) is 9.90. The Hall–Kier alpha value is -1.16. The van der Waals surface area contributed by atoms with Gasteiger partial charge in [-0.1, -0.05) is 6.92 Å². The number of nitrogens with one attached hydrogen (secondary N) is 1. The number of hydrogen-bond donors (Lipinski definition) is 1. The third kappa shape index (κ3) is 2.14. The zero-order chi connectivity index (χ0) is 11.8. The molecule has 2 atom stereocenters. The molecule has 1 aromatic rings. The molecule has 1 aromatic heterocycles. The Labute approximate surface area is 100 Å². The number of pyridine rings is 1. The molecule has 2 aliphatic heterocycles. The maximum absolute atomic E-state index is 12.7. The van der Waals surface area contributed by atoms with Crippen molar-refractivity contribution in [3.8, 4) is 5.88 Å². The summed E-state index contributed by atoms with van der Waals surface area (Å²) in [6.07, 6.45) is 3.81. The van der Waals surface area contributed by atoms with E-state index in [0.717, 1.165) is 5.92 Å².